The monoisotopic (exact) mass is 330 g/mol. The van der Waals surface area contributed by atoms with Crippen molar-refractivity contribution in [1.29, 1.82) is 0 Å². The number of carboxylic acid groups (broad SMARTS) is 1. The first-order valence-electron chi connectivity index (χ1n) is 6.52. The second-order valence-corrected chi connectivity index (χ2v) is 6.41. The largest absolute Gasteiger partial charge is 0.480 e. The predicted molar refractivity (Wildman–Crippen MR) is 76.8 cm³/mol. The van der Waals surface area contributed by atoms with Gasteiger partial charge < -0.3 is 9.84 Å². The molecule has 0 saturated carbocycles. The zero-order chi connectivity index (χ0) is 16.9. The van der Waals surface area contributed by atoms with Crippen molar-refractivity contribution in [1.82, 2.24) is 9.71 Å². The van der Waals surface area contributed by atoms with Crippen molar-refractivity contribution in [3.63, 3.8) is 0 Å². The van der Waals surface area contributed by atoms with E-state index in [2.05, 4.69) is 14.4 Å². The van der Waals surface area contributed by atoms with Crippen LogP contribution in [0.15, 0.2) is 23.2 Å². The van der Waals surface area contributed by atoms with Gasteiger partial charge in [0.25, 0.3) is 0 Å². The van der Waals surface area contributed by atoms with Gasteiger partial charge in [-0.25, -0.2) is 18.2 Å². The summed E-state index contributed by atoms with van der Waals surface area (Å²) in [6.07, 6.45) is 1.48. The number of rotatable bonds is 7. The van der Waals surface area contributed by atoms with Crippen molar-refractivity contribution in [2.45, 2.75) is 31.2 Å². The van der Waals surface area contributed by atoms with Gasteiger partial charge in [0.1, 0.15) is 16.6 Å². The number of nitrogens with zero attached hydrogens (tertiary/aromatic N) is 1. The van der Waals surface area contributed by atoms with Crippen LogP contribution in [-0.4, -0.2) is 43.6 Å². The van der Waals surface area contributed by atoms with Gasteiger partial charge in [-0.05, 0) is 18.1 Å². The predicted octanol–water partition coefficient (Wildman–Crippen LogP) is 0.646. The van der Waals surface area contributed by atoms with Crippen LogP contribution in [0.2, 0.25) is 0 Å². The third-order valence-corrected chi connectivity index (χ3v) is 4.63. The molecule has 9 heteroatoms. The minimum Gasteiger partial charge on any atom is -0.480 e. The molecule has 0 aliphatic rings. The summed E-state index contributed by atoms with van der Waals surface area (Å²) < 4.78 is 31.0. The maximum Gasteiger partial charge on any atom is 0.356 e. The average molecular weight is 330 g/mol. The number of hydrogen-bond acceptors (Lipinski definition) is 6. The van der Waals surface area contributed by atoms with Crippen LogP contribution in [0.3, 0.4) is 0 Å². The summed E-state index contributed by atoms with van der Waals surface area (Å²) >= 11 is 0. The topological polar surface area (TPSA) is 123 Å². The van der Waals surface area contributed by atoms with Crippen molar-refractivity contribution in [3.8, 4) is 0 Å². The molecular weight excluding hydrogens is 312 g/mol. The third-order valence-electron chi connectivity index (χ3n) is 3.20. The molecule has 1 aromatic rings. The number of hydrogen-bond donors (Lipinski definition) is 2. The molecule has 0 bridgehead atoms. The van der Waals surface area contributed by atoms with E-state index in [9.17, 15) is 18.0 Å². The Labute approximate surface area is 128 Å². The minimum atomic E-state index is -4.05. The van der Waals surface area contributed by atoms with Gasteiger partial charge in [-0.3, -0.25) is 4.79 Å². The number of carboxylic acids is 1. The highest BCUT2D eigenvalue weighted by atomic mass is 32.2. The maximum atomic E-state index is 12.2. The summed E-state index contributed by atoms with van der Waals surface area (Å²) in [7, 11) is -2.87. The third kappa shape index (κ3) is 4.25. The molecule has 122 valence electrons. The number of aromatic nitrogens is 1. The molecule has 0 fully saturated rings. The van der Waals surface area contributed by atoms with Crippen LogP contribution in [0.5, 0.6) is 0 Å². The lowest BCUT2D eigenvalue weighted by atomic mass is 10.0. The minimum absolute atomic E-state index is 0.0434. The first kappa shape index (κ1) is 18.1. The molecule has 0 spiro atoms. The molecule has 2 atom stereocenters. The standard InChI is InChI=1S/C13H18N2O6S/c1-4-8(2)11(12(16)17)15-22(19,20)9-5-6-10(14-7-9)13(18)21-3/h5-8,11,15H,4H2,1-3H3,(H,16,17)/t8-,11-/m0/s1. The Bertz CT molecular complexity index is 641. The van der Waals surface area contributed by atoms with Gasteiger partial charge in [-0.2, -0.15) is 4.72 Å². The van der Waals surface area contributed by atoms with Crippen LogP contribution < -0.4 is 4.72 Å². The fourth-order valence-corrected chi connectivity index (χ4v) is 2.89. The highest BCUT2D eigenvalue weighted by molar-refractivity contribution is 7.89. The molecule has 8 nitrogen and oxygen atoms in total. The summed E-state index contributed by atoms with van der Waals surface area (Å²) in [5.41, 5.74) is -0.0434. The van der Waals surface area contributed by atoms with Gasteiger partial charge >= 0.3 is 11.9 Å². The highest BCUT2D eigenvalue weighted by Crippen LogP contribution is 2.14. The molecule has 0 amide bonds. The van der Waals surface area contributed by atoms with Gasteiger partial charge in [-0.1, -0.05) is 20.3 Å². The van der Waals surface area contributed by atoms with Crippen molar-refractivity contribution >= 4 is 22.0 Å². The molecule has 2 N–H and O–H groups in total. The van der Waals surface area contributed by atoms with E-state index in [-0.39, 0.29) is 16.5 Å². The van der Waals surface area contributed by atoms with Gasteiger partial charge in [0, 0.05) is 6.20 Å². The quantitative estimate of drug-likeness (QED) is 0.703. The first-order valence-corrected chi connectivity index (χ1v) is 8.00. The Morgan fingerprint density at radius 3 is 2.45 bits per heavy atom. The summed E-state index contributed by atoms with van der Waals surface area (Å²) in [6, 6.07) is 1.12. The Hall–Kier alpha value is -2.00. The zero-order valence-corrected chi connectivity index (χ0v) is 13.3. The number of pyridine rings is 1. The number of nitrogens with one attached hydrogen (secondary N) is 1. The van der Waals surface area contributed by atoms with Crippen LogP contribution in [0.1, 0.15) is 30.8 Å². The van der Waals surface area contributed by atoms with E-state index in [1.54, 1.807) is 13.8 Å². The molecule has 1 rings (SSSR count). The number of carbonyl (C=O) groups is 2. The zero-order valence-electron chi connectivity index (χ0n) is 12.4. The van der Waals surface area contributed by atoms with Crippen molar-refractivity contribution < 1.29 is 27.9 Å². The van der Waals surface area contributed by atoms with Crippen LogP contribution in [0, 0.1) is 5.92 Å². The number of ether oxygens (including phenoxy) is 1. The van der Waals surface area contributed by atoms with Crippen LogP contribution in [0.4, 0.5) is 0 Å². The van der Waals surface area contributed by atoms with Gasteiger partial charge in [0.2, 0.25) is 10.0 Å². The second kappa shape index (κ2) is 7.32. The highest BCUT2D eigenvalue weighted by Gasteiger charge is 2.29. The Kier molecular flexibility index (Phi) is 6.01. The Morgan fingerprint density at radius 1 is 1.41 bits per heavy atom. The fourth-order valence-electron chi connectivity index (χ4n) is 1.65. The van der Waals surface area contributed by atoms with E-state index in [0.29, 0.717) is 6.42 Å². The number of carbonyl (C=O) groups excluding carboxylic acids is 1. The molecular formula is C13H18N2O6S. The van der Waals surface area contributed by atoms with Crippen molar-refractivity contribution in [2.24, 2.45) is 5.92 Å². The van der Waals surface area contributed by atoms with E-state index in [1.165, 1.54) is 13.2 Å². The summed E-state index contributed by atoms with van der Waals surface area (Å²) in [5.74, 6) is -2.33. The molecule has 0 radical (unpaired) electrons. The second-order valence-electron chi connectivity index (χ2n) is 4.69. The van der Waals surface area contributed by atoms with E-state index in [0.717, 1.165) is 12.3 Å². The molecule has 0 unspecified atom stereocenters. The normalized spacial score (nSPS) is 14.1. The number of esters is 1. The van der Waals surface area contributed by atoms with E-state index in [4.69, 9.17) is 5.11 Å². The summed E-state index contributed by atoms with van der Waals surface area (Å²) in [6.45, 7) is 3.40. The molecule has 0 aromatic carbocycles. The van der Waals surface area contributed by atoms with Gasteiger partial charge in [-0.15, -0.1) is 0 Å². The van der Waals surface area contributed by atoms with Crippen LogP contribution >= 0.6 is 0 Å². The van der Waals surface area contributed by atoms with Crippen molar-refractivity contribution in [2.75, 3.05) is 7.11 Å². The molecule has 0 saturated heterocycles. The van der Waals surface area contributed by atoms with Crippen LogP contribution in [0.25, 0.3) is 0 Å². The number of sulfonamides is 1. The Morgan fingerprint density at radius 2 is 2.05 bits per heavy atom. The molecule has 1 heterocycles. The molecule has 22 heavy (non-hydrogen) atoms. The summed E-state index contributed by atoms with van der Waals surface area (Å²) in [5, 5.41) is 9.13. The molecule has 0 aliphatic carbocycles. The smallest absolute Gasteiger partial charge is 0.356 e. The first-order chi connectivity index (χ1) is 10.2. The SMILES string of the molecule is CC[C@H](C)[C@H](NS(=O)(=O)c1ccc(C(=O)OC)nc1)C(=O)O. The molecule has 1 aromatic heterocycles. The molecule has 0 aliphatic heterocycles. The summed E-state index contributed by atoms with van der Waals surface area (Å²) in [4.78, 5) is 25.9. The average Bonchev–Trinajstić information content (AvgIpc) is 2.51. The van der Waals surface area contributed by atoms with Crippen molar-refractivity contribution in [3.05, 3.63) is 24.0 Å². The lowest BCUT2D eigenvalue weighted by Crippen LogP contribution is -2.44. The van der Waals surface area contributed by atoms with E-state index in [1.807, 2.05) is 0 Å². The van der Waals surface area contributed by atoms with E-state index >= 15 is 0 Å². The maximum absolute atomic E-state index is 12.2. The van der Waals surface area contributed by atoms with Gasteiger partial charge in [0.05, 0.1) is 7.11 Å². The lowest BCUT2D eigenvalue weighted by molar-refractivity contribution is -0.140. The lowest BCUT2D eigenvalue weighted by Gasteiger charge is -2.20. The van der Waals surface area contributed by atoms with Crippen LogP contribution in [-0.2, 0) is 19.6 Å². The van der Waals surface area contributed by atoms with E-state index < -0.39 is 28.0 Å². The number of methoxy groups -OCH3 is 1. The van der Waals surface area contributed by atoms with Gasteiger partial charge in [0.15, 0.2) is 0 Å². The Balaban J connectivity index is 3.03. The fraction of sp³-hybridized carbons (Fsp3) is 0.462. The number of aliphatic carboxylic acids is 1.